The first-order valence-electron chi connectivity index (χ1n) is 8.41. The highest BCUT2D eigenvalue weighted by Crippen LogP contribution is 2.28. The van der Waals surface area contributed by atoms with Gasteiger partial charge in [0.15, 0.2) is 0 Å². The lowest BCUT2D eigenvalue weighted by molar-refractivity contribution is -0.116. The summed E-state index contributed by atoms with van der Waals surface area (Å²) in [6, 6.07) is 14.9. The number of hydrogen-bond acceptors (Lipinski definition) is 5. The van der Waals surface area contributed by atoms with Crippen LogP contribution in [0.5, 0.6) is 11.6 Å². The Kier molecular flexibility index (Phi) is 4.18. The molecule has 0 fully saturated rings. The molecule has 1 N–H and O–H groups in total. The van der Waals surface area contributed by atoms with E-state index in [1.54, 1.807) is 18.5 Å². The molecule has 0 saturated carbocycles. The molecule has 0 aliphatic carbocycles. The quantitative estimate of drug-likeness (QED) is 0.594. The Balaban J connectivity index is 1.68. The molecule has 2 aromatic carbocycles. The molecule has 4 rings (SSSR count). The van der Waals surface area contributed by atoms with Gasteiger partial charge in [0, 0.05) is 18.2 Å². The third-order valence-electron chi connectivity index (χ3n) is 3.91. The second kappa shape index (κ2) is 6.79. The number of carbonyl (C=O) groups is 1. The fourth-order valence-corrected chi connectivity index (χ4v) is 2.75. The predicted octanol–water partition coefficient (Wildman–Crippen LogP) is 3.81. The van der Waals surface area contributed by atoms with Crippen molar-refractivity contribution in [2.75, 3.05) is 5.32 Å². The Bertz CT molecular complexity index is 1090. The summed E-state index contributed by atoms with van der Waals surface area (Å²) in [7, 11) is 0. The van der Waals surface area contributed by atoms with Gasteiger partial charge in [0.25, 0.3) is 5.88 Å². The normalized spacial score (nSPS) is 11.0. The van der Waals surface area contributed by atoms with Gasteiger partial charge in [0.05, 0.1) is 11.0 Å². The highest BCUT2D eigenvalue weighted by molar-refractivity contribution is 5.90. The average molecular weight is 347 g/mol. The fourth-order valence-electron chi connectivity index (χ4n) is 2.75. The summed E-state index contributed by atoms with van der Waals surface area (Å²) < 4.78 is 7.79. The van der Waals surface area contributed by atoms with Gasteiger partial charge < -0.3 is 10.1 Å². The summed E-state index contributed by atoms with van der Waals surface area (Å²) in [4.78, 5) is 16.3. The van der Waals surface area contributed by atoms with Crippen molar-refractivity contribution in [2.24, 2.45) is 0 Å². The van der Waals surface area contributed by atoms with Gasteiger partial charge in [-0.1, -0.05) is 25.1 Å². The number of ether oxygens (including phenoxy) is 1. The maximum atomic E-state index is 11.8. The van der Waals surface area contributed by atoms with Crippen molar-refractivity contribution in [3.63, 3.8) is 0 Å². The lowest BCUT2D eigenvalue weighted by Gasteiger charge is -2.10. The van der Waals surface area contributed by atoms with Crippen molar-refractivity contribution in [2.45, 2.75) is 19.8 Å². The number of nitrogens with one attached hydrogen (secondary N) is 1. The van der Waals surface area contributed by atoms with E-state index in [9.17, 15) is 4.79 Å². The molecule has 7 nitrogen and oxygen atoms in total. The molecule has 0 saturated heterocycles. The van der Waals surface area contributed by atoms with E-state index in [1.807, 2.05) is 47.7 Å². The van der Waals surface area contributed by atoms with Crippen LogP contribution < -0.4 is 10.1 Å². The molecule has 0 bridgehead atoms. The highest BCUT2D eigenvalue weighted by atomic mass is 16.5. The predicted molar refractivity (Wildman–Crippen MR) is 98.3 cm³/mol. The summed E-state index contributed by atoms with van der Waals surface area (Å²) in [6.07, 6.45) is 2.92. The molecule has 7 heteroatoms. The summed E-state index contributed by atoms with van der Waals surface area (Å²) >= 11 is 0. The Morgan fingerprint density at radius 2 is 2.08 bits per heavy atom. The zero-order chi connectivity index (χ0) is 17.9. The van der Waals surface area contributed by atoms with Crippen molar-refractivity contribution in [1.29, 1.82) is 0 Å². The molecule has 0 radical (unpaired) electrons. The van der Waals surface area contributed by atoms with Crippen molar-refractivity contribution >= 4 is 28.3 Å². The zero-order valence-corrected chi connectivity index (χ0v) is 14.2. The number of para-hydroxylation sites is 2. The Morgan fingerprint density at radius 3 is 2.96 bits per heavy atom. The summed E-state index contributed by atoms with van der Waals surface area (Å²) in [5, 5.41) is 10.9. The molecule has 0 aliphatic rings. The van der Waals surface area contributed by atoms with E-state index in [0.717, 1.165) is 17.5 Å². The maximum Gasteiger partial charge on any atom is 0.266 e. The van der Waals surface area contributed by atoms with Crippen molar-refractivity contribution in [3.8, 4) is 11.6 Å². The van der Waals surface area contributed by atoms with Gasteiger partial charge in [-0.15, -0.1) is 10.2 Å². The van der Waals surface area contributed by atoms with E-state index in [-0.39, 0.29) is 5.91 Å². The molecule has 0 spiro atoms. The van der Waals surface area contributed by atoms with E-state index in [4.69, 9.17) is 4.74 Å². The molecular formula is C19H17N5O2. The number of carbonyl (C=O) groups excluding carboxylic acids is 1. The zero-order valence-electron chi connectivity index (χ0n) is 14.2. The summed E-state index contributed by atoms with van der Waals surface area (Å²) in [5.74, 6) is 0.901. The lowest BCUT2D eigenvalue weighted by atomic mass is 10.2. The summed E-state index contributed by atoms with van der Waals surface area (Å²) in [5.41, 5.74) is 2.89. The monoisotopic (exact) mass is 347 g/mol. The smallest absolute Gasteiger partial charge is 0.266 e. The first-order chi connectivity index (χ1) is 12.7. The van der Waals surface area contributed by atoms with Crippen LogP contribution in [0.2, 0.25) is 0 Å². The fraction of sp³-hybridized carbons (Fsp3) is 0.158. The van der Waals surface area contributed by atoms with Crippen LogP contribution in [0.1, 0.15) is 19.8 Å². The molecule has 1 amide bonds. The van der Waals surface area contributed by atoms with E-state index >= 15 is 0 Å². The molecule has 0 aliphatic heterocycles. The second-order valence-electron chi connectivity index (χ2n) is 5.86. The number of hydrogen-bond donors (Lipinski definition) is 1. The number of fused-ring (bicyclic) bond motifs is 3. The number of amides is 1. The first kappa shape index (κ1) is 16.0. The van der Waals surface area contributed by atoms with Gasteiger partial charge in [-0.25, -0.2) is 4.98 Å². The van der Waals surface area contributed by atoms with Gasteiger partial charge in [0.1, 0.15) is 12.1 Å². The van der Waals surface area contributed by atoms with Crippen LogP contribution in [-0.4, -0.2) is 25.5 Å². The van der Waals surface area contributed by atoms with Gasteiger partial charge in [-0.3, -0.25) is 9.20 Å². The van der Waals surface area contributed by atoms with Crippen LogP contribution >= 0.6 is 0 Å². The number of anilines is 1. The minimum Gasteiger partial charge on any atom is -0.436 e. The van der Waals surface area contributed by atoms with Gasteiger partial charge in [-0.2, -0.15) is 0 Å². The minimum absolute atomic E-state index is 0.0201. The topological polar surface area (TPSA) is 81.4 Å². The molecule has 4 aromatic rings. The van der Waals surface area contributed by atoms with Gasteiger partial charge in [0.2, 0.25) is 11.6 Å². The van der Waals surface area contributed by atoms with Crippen LogP contribution in [0.15, 0.2) is 54.9 Å². The van der Waals surface area contributed by atoms with E-state index in [2.05, 4.69) is 20.5 Å². The summed E-state index contributed by atoms with van der Waals surface area (Å²) in [6.45, 7) is 1.97. The second-order valence-corrected chi connectivity index (χ2v) is 5.86. The molecular weight excluding hydrogens is 330 g/mol. The number of nitrogens with zero attached hydrogens (tertiary/aromatic N) is 4. The maximum absolute atomic E-state index is 11.8. The van der Waals surface area contributed by atoms with Crippen LogP contribution in [-0.2, 0) is 4.79 Å². The van der Waals surface area contributed by atoms with E-state index in [0.29, 0.717) is 29.4 Å². The number of benzene rings is 2. The van der Waals surface area contributed by atoms with Crippen LogP contribution in [0, 0.1) is 0 Å². The molecule has 26 heavy (non-hydrogen) atoms. The molecule has 2 aromatic heterocycles. The Hall–Kier alpha value is -3.48. The first-order valence-corrected chi connectivity index (χ1v) is 8.41. The number of rotatable bonds is 5. The third-order valence-corrected chi connectivity index (χ3v) is 3.91. The van der Waals surface area contributed by atoms with E-state index < -0.39 is 0 Å². The highest BCUT2D eigenvalue weighted by Gasteiger charge is 2.12. The number of aromatic nitrogens is 4. The van der Waals surface area contributed by atoms with Crippen LogP contribution in [0.4, 0.5) is 5.69 Å². The Labute approximate surface area is 149 Å². The lowest BCUT2D eigenvalue weighted by Crippen LogP contribution is -2.10. The third kappa shape index (κ3) is 3.06. The minimum atomic E-state index is -0.0201. The standard InChI is InChI=1S/C19H17N5O2/c1-2-6-17(25)21-13-7-5-8-14(11-13)26-19-18-23-20-12-24(18)16-10-4-3-9-15(16)22-19/h3-5,7-12H,2,6H2,1H3,(H,21,25). The van der Waals surface area contributed by atoms with Gasteiger partial charge >= 0.3 is 0 Å². The van der Waals surface area contributed by atoms with Gasteiger partial charge in [-0.05, 0) is 30.7 Å². The van der Waals surface area contributed by atoms with Crippen LogP contribution in [0.3, 0.4) is 0 Å². The molecule has 2 heterocycles. The van der Waals surface area contributed by atoms with E-state index in [1.165, 1.54) is 0 Å². The molecule has 130 valence electrons. The SMILES string of the molecule is CCCC(=O)Nc1cccc(Oc2nc3ccccc3n3cnnc23)c1. The average Bonchev–Trinajstić information content (AvgIpc) is 3.13. The van der Waals surface area contributed by atoms with Crippen molar-refractivity contribution in [3.05, 3.63) is 54.9 Å². The molecule has 0 unspecified atom stereocenters. The largest absolute Gasteiger partial charge is 0.436 e. The molecule has 0 atom stereocenters. The van der Waals surface area contributed by atoms with Crippen molar-refractivity contribution in [1.82, 2.24) is 19.6 Å². The van der Waals surface area contributed by atoms with Crippen molar-refractivity contribution < 1.29 is 9.53 Å². The Morgan fingerprint density at radius 1 is 1.19 bits per heavy atom. The van der Waals surface area contributed by atoms with Crippen LogP contribution in [0.25, 0.3) is 16.7 Å².